The first kappa shape index (κ1) is 10.2. The molecule has 0 bridgehead atoms. The summed E-state index contributed by atoms with van der Waals surface area (Å²) >= 11 is 0. The molecule has 3 heterocycles. The van der Waals surface area contributed by atoms with E-state index >= 15 is 0 Å². The number of hydrogen-bond donors (Lipinski definition) is 1. The van der Waals surface area contributed by atoms with E-state index in [0.29, 0.717) is 6.10 Å². The van der Waals surface area contributed by atoms with Crippen LogP contribution in [0.1, 0.15) is 43.4 Å². The van der Waals surface area contributed by atoms with E-state index in [1.165, 1.54) is 6.42 Å². The van der Waals surface area contributed by atoms with Gasteiger partial charge in [-0.15, -0.1) is 0 Å². The first-order valence-electron chi connectivity index (χ1n) is 6.09. The van der Waals surface area contributed by atoms with Crippen molar-refractivity contribution in [3.63, 3.8) is 0 Å². The van der Waals surface area contributed by atoms with E-state index in [1.807, 2.05) is 0 Å². The van der Waals surface area contributed by atoms with Crippen LogP contribution in [0, 0.1) is 0 Å². The first-order valence-corrected chi connectivity index (χ1v) is 6.09. The summed E-state index contributed by atoms with van der Waals surface area (Å²) in [7, 11) is 0. The van der Waals surface area contributed by atoms with E-state index in [9.17, 15) is 0 Å². The maximum atomic E-state index is 5.55. The fourth-order valence-corrected chi connectivity index (χ4v) is 2.40. The normalized spacial score (nSPS) is 30.0. The molecule has 2 saturated heterocycles. The second-order valence-corrected chi connectivity index (χ2v) is 4.54. The number of aromatic nitrogens is 2. The van der Waals surface area contributed by atoms with Gasteiger partial charge in [-0.05, 0) is 32.2 Å². The highest BCUT2D eigenvalue weighted by molar-refractivity contribution is 4.96. The van der Waals surface area contributed by atoms with Crippen LogP contribution in [-0.4, -0.2) is 29.4 Å². The van der Waals surface area contributed by atoms with E-state index in [4.69, 9.17) is 9.26 Å². The van der Waals surface area contributed by atoms with Gasteiger partial charge in [-0.1, -0.05) is 5.16 Å². The molecule has 0 radical (unpaired) electrons. The fraction of sp³-hybridized carbons (Fsp3) is 0.818. The maximum absolute atomic E-state index is 5.55. The largest absolute Gasteiger partial charge is 0.378 e. The van der Waals surface area contributed by atoms with Gasteiger partial charge in [0.15, 0.2) is 5.82 Å². The Morgan fingerprint density at radius 1 is 1.31 bits per heavy atom. The Morgan fingerprint density at radius 3 is 3.06 bits per heavy atom. The van der Waals surface area contributed by atoms with Crippen molar-refractivity contribution in [2.45, 2.75) is 44.2 Å². The van der Waals surface area contributed by atoms with Gasteiger partial charge in [0.05, 0.1) is 12.1 Å². The number of rotatable bonds is 3. The standard InChI is InChI=1S/C11H17N3O2/c1-4-9(12-5-1)11-13-10(14-16-11)7-8-3-2-6-15-8/h8-9,12H,1-7H2/t8?,9-/m0/s1. The van der Waals surface area contributed by atoms with Crippen LogP contribution in [0.25, 0.3) is 0 Å². The molecule has 0 aromatic carbocycles. The molecule has 5 nitrogen and oxygen atoms in total. The second kappa shape index (κ2) is 4.51. The molecule has 5 heteroatoms. The van der Waals surface area contributed by atoms with Crippen LogP contribution in [0.4, 0.5) is 0 Å². The number of nitrogens with zero attached hydrogens (tertiary/aromatic N) is 2. The highest BCUT2D eigenvalue weighted by atomic mass is 16.5. The third kappa shape index (κ3) is 2.10. The molecule has 3 rings (SSSR count). The maximum Gasteiger partial charge on any atom is 0.243 e. The van der Waals surface area contributed by atoms with Crippen molar-refractivity contribution in [2.75, 3.05) is 13.2 Å². The van der Waals surface area contributed by atoms with E-state index < -0.39 is 0 Å². The van der Waals surface area contributed by atoms with Crippen LogP contribution in [0.3, 0.4) is 0 Å². The molecule has 2 aliphatic rings. The first-order chi connectivity index (χ1) is 7.92. The lowest BCUT2D eigenvalue weighted by Gasteiger charge is -2.04. The molecule has 2 fully saturated rings. The van der Waals surface area contributed by atoms with E-state index in [-0.39, 0.29) is 6.04 Å². The van der Waals surface area contributed by atoms with Crippen molar-refractivity contribution < 1.29 is 9.26 Å². The lowest BCUT2D eigenvalue weighted by atomic mass is 10.2. The van der Waals surface area contributed by atoms with Crippen LogP contribution in [0.2, 0.25) is 0 Å². The summed E-state index contributed by atoms with van der Waals surface area (Å²) in [6, 6.07) is 0.269. The van der Waals surface area contributed by atoms with Gasteiger partial charge in [0.1, 0.15) is 0 Å². The highest BCUT2D eigenvalue weighted by Gasteiger charge is 2.24. The molecule has 0 amide bonds. The summed E-state index contributed by atoms with van der Waals surface area (Å²) in [5.74, 6) is 1.53. The molecular formula is C11H17N3O2. The molecule has 0 spiro atoms. The van der Waals surface area contributed by atoms with Crippen molar-refractivity contribution in [3.05, 3.63) is 11.7 Å². The Kier molecular flexibility index (Phi) is 2.88. The zero-order chi connectivity index (χ0) is 10.8. The summed E-state index contributed by atoms with van der Waals surface area (Å²) in [5.41, 5.74) is 0. The van der Waals surface area contributed by atoms with Crippen molar-refractivity contribution in [1.82, 2.24) is 15.5 Å². The Hall–Kier alpha value is -0.940. The zero-order valence-electron chi connectivity index (χ0n) is 9.32. The minimum absolute atomic E-state index is 0.269. The average molecular weight is 223 g/mol. The van der Waals surface area contributed by atoms with Crippen LogP contribution < -0.4 is 5.32 Å². The quantitative estimate of drug-likeness (QED) is 0.834. The van der Waals surface area contributed by atoms with E-state index in [1.54, 1.807) is 0 Å². The molecule has 1 aromatic heterocycles. The van der Waals surface area contributed by atoms with Crippen LogP contribution in [-0.2, 0) is 11.2 Å². The summed E-state index contributed by atoms with van der Waals surface area (Å²) in [6.45, 7) is 1.92. The summed E-state index contributed by atoms with van der Waals surface area (Å²) in [4.78, 5) is 4.44. The van der Waals surface area contributed by atoms with Crippen LogP contribution >= 0.6 is 0 Å². The van der Waals surface area contributed by atoms with Crippen LogP contribution in [0.15, 0.2) is 4.52 Å². The van der Waals surface area contributed by atoms with Gasteiger partial charge in [-0.25, -0.2) is 0 Å². The smallest absolute Gasteiger partial charge is 0.243 e. The van der Waals surface area contributed by atoms with Crippen molar-refractivity contribution >= 4 is 0 Å². The van der Waals surface area contributed by atoms with E-state index in [2.05, 4.69) is 15.5 Å². The number of nitrogens with one attached hydrogen (secondary N) is 1. The molecule has 1 unspecified atom stereocenters. The van der Waals surface area contributed by atoms with Gasteiger partial charge in [0, 0.05) is 13.0 Å². The lowest BCUT2D eigenvalue weighted by molar-refractivity contribution is 0.109. The van der Waals surface area contributed by atoms with Crippen molar-refractivity contribution in [2.24, 2.45) is 0 Å². The molecule has 1 aromatic rings. The molecule has 2 aliphatic heterocycles. The molecule has 2 atom stereocenters. The Balaban J connectivity index is 1.62. The fourth-order valence-electron chi connectivity index (χ4n) is 2.40. The third-order valence-electron chi connectivity index (χ3n) is 3.28. The predicted molar refractivity (Wildman–Crippen MR) is 57.0 cm³/mol. The third-order valence-corrected chi connectivity index (χ3v) is 3.28. The summed E-state index contributed by atoms with van der Waals surface area (Å²) in [6.07, 6.45) is 5.64. The van der Waals surface area contributed by atoms with Crippen molar-refractivity contribution in [1.29, 1.82) is 0 Å². The Labute approximate surface area is 94.6 Å². The summed E-state index contributed by atoms with van der Waals surface area (Å²) in [5, 5.41) is 7.37. The van der Waals surface area contributed by atoms with Crippen molar-refractivity contribution in [3.8, 4) is 0 Å². The van der Waals surface area contributed by atoms with Gasteiger partial charge in [0.2, 0.25) is 5.89 Å². The molecule has 88 valence electrons. The Bertz CT molecular complexity index is 341. The predicted octanol–water partition coefficient (Wildman–Crippen LogP) is 1.22. The topological polar surface area (TPSA) is 60.2 Å². The van der Waals surface area contributed by atoms with Gasteiger partial charge in [0.25, 0.3) is 0 Å². The average Bonchev–Trinajstić information content (AvgIpc) is 2.99. The zero-order valence-corrected chi connectivity index (χ0v) is 9.32. The SMILES string of the molecule is C1COC(Cc2noc([C@@H]3CCCN3)n2)C1. The monoisotopic (exact) mass is 223 g/mol. The molecule has 0 aliphatic carbocycles. The Morgan fingerprint density at radius 2 is 2.31 bits per heavy atom. The second-order valence-electron chi connectivity index (χ2n) is 4.54. The van der Waals surface area contributed by atoms with E-state index in [0.717, 1.165) is 50.6 Å². The highest BCUT2D eigenvalue weighted by Crippen LogP contribution is 2.22. The van der Waals surface area contributed by atoms with Gasteiger partial charge in [-0.3, -0.25) is 0 Å². The molecular weight excluding hydrogens is 206 g/mol. The molecule has 1 N–H and O–H groups in total. The van der Waals surface area contributed by atoms with Gasteiger partial charge in [-0.2, -0.15) is 4.98 Å². The summed E-state index contributed by atoms with van der Waals surface area (Å²) < 4.78 is 10.8. The molecule has 16 heavy (non-hydrogen) atoms. The van der Waals surface area contributed by atoms with Crippen LogP contribution in [0.5, 0.6) is 0 Å². The lowest BCUT2D eigenvalue weighted by Crippen LogP contribution is -2.14. The number of ether oxygens (including phenoxy) is 1. The minimum atomic E-state index is 0.269. The number of hydrogen-bond acceptors (Lipinski definition) is 5. The van der Waals surface area contributed by atoms with Gasteiger partial charge < -0.3 is 14.6 Å². The van der Waals surface area contributed by atoms with Gasteiger partial charge >= 0.3 is 0 Å². The molecule has 0 saturated carbocycles. The minimum Gasteiger partial charge on any atom is -0.378 e.